The van der Waals surface area contributed by atoms with Crippen LogP contribution in [0.5, 0.6) is 0 Å². The van der Waals surface area contributed by atoms with E-state index in [0.717, 1.165) is 21.7 Å². The van der Waals surface area contributed by atoms with E-state index in [2.05, 4.69) is 10.3 Å². The predicted molar refractivity (Wildman–Crippen MR) is 131 cm³/mol. The molecule has 0 unspecified atom stereocenters. The number of para-hydroxylation sites is 1. The zero-order chi connectivity index (χ0) is 22.7. The smallest absolute Gasteiger partial charge is 0.272 e. The summed E-state index contributed by atoms with van der Waals surface area (Å²) >= 11 is 13.4. The lowest BCUT2D eigenvalue weighted by molar-refractivity contribution is -0.125. The second-order valence-electron chi connectivity index (χ2n) is 7.09. The van der Waals surface area contributed by atoms with E-state index >= 15 is 0 Å². The Morgan fingerprint density at radius 1 is 1.06 bits per heavy atom. The van der Waals surface area contributed by atoms with Crippen LogP contribution in [0.25, 0.3) is 0 Å². The second kappa shape index (κ2) is 9.77. The molecule has 1 aliphatic heterocycles. The van der Waals surface area contributed by atoms with Crippen LogP contribution in [0.4, 0.5) is 5.69 Å². The Morgan fingerprint density at radius 2 is 1.78 bits per heavy atom. The molecule has 0 saturated heterocycles. The van der Waals surface area contributed by atoms with E-state index in [4.69, 9.17) is 23.2 Å². The van der Waals surface area contributed by atoms with Gasteiger partial charge in [0.1, 0.15) is 0 Å². The van der Waals surface area contributed by atoms with Crippen molar-refractivity contribution in [3.8, 4) is 0 Å². The number of halogens is 2. The fourth-order valence-electron chi connectivity index (χ4n) is 3.37. The Balaban J connectivity index is 1.60. The van der Waals surface area contributed by atoms with Gasteiger partial charge in [-0.3, -0.25) is 9.59 Å². The maximum atomic E-state index is 13.1. The molecule has 5 nitrogen and oxygen atoms in total. The third kappa shape index (κ3) is 4.83. The summed E-state index contributed by atoms with van der Waals surface area (Å²) in [5, 5.41) is 3.77. The van der Waals surface area contributed by atoms with Crippen LogP contribution in [0.1, 0.15) is 11.1 Å². The summed E-state index contributed by atoms with van der Waals surface area (Å²) in [7, 11) is 1.69. The highest BCUT2D eigenvalue weighted by Crippen LogP contribution is 2.30. The number of amides is 2. The van der Waals surface area contributed by atoms with Crippen molar-refractivity contribution in [2.24, 2.45) is 4.99 Å². The molecule has 1 atom stereocenters. The van der Waals surface area contributed by atoms with Gasteiger partial charge in [-0.1, -0.05) is 71.7 Å². The van der Waals surface area contributed by atoms with E-state index in [1.54, 1.807) is 25.2 Å². The molecule has 0 fully saturated rings. The van der Waals surface area contributed by atoms with Gasteiger partial charge in [-0.15, -0.1) is 11.8 Å². The van der Waals surface area contributed by atoms with E-state index in [-0.39, 0.29) is 17.6 Å². The van der Waals surface area contributed by atoms with Crippen molar-refractivity contribution >= 4 is 58.2 Å². The topological polar surface area (TPSA) is 61.8 Å². The normalized spacial score (nSPS) is 15.6. The first-order chi connectivity index (χ1) is 15.4. The molecule has 0 spiro atoms. The second-order valence-corrected chi connectivity index (χ2v) is 8.95. The van der Waals surface area contributed by atoms with Crippen LogP contribution in [0.3, 0.4) is 0 Å². The van der Waals surface area contributed by atoms with E-state index in [0.29, 0.717) is 15.8 Å². The summed E-state index contributed by atoms with van der Waals surface area (Å²) < 4.78 is 0. The average Bonchev–Trinajstić information content (AvgIpc) is 2.90. The monoisotopic (exact) mass is 483 g/mol. The molecular weight excluding hydrogens is 465 g/mol. The summed E-state index contributed by atoms with van der Waals surface area (Å²) in [4.78, 5) is 32.8. The Labute approximate surface area is 200 Å². The van der Waals surface area contributed by atoms with Crippen molar-refractivity contribution in [3.05, 3.63) is 94.0 Å². The van der Waals surface area contributed by atoms with E-state index in [1.165, 1.54) is 16.7 Å². The van der Waals surface area contributed by atoms with Crippen LogP contribution in [-0.4, -0.2) is 36.5 Å². The van der Waals surface area contributed by atoms with Crippen molar-refractivity contribution in [2.75, 3.05) is 17.7 Å². The summed E-state index contributed by atoms with van der Waals surface area (Å²) in [6.07, 6.45) is -1.05. The van der Waals surface area contributed by atoms with Gasteiger partial charge < -0.3 is 10.2 Å². The molecule has 32 heavy (non-hydrogen) atoms. The molecule has 162 valence electrons. The van der Waals surface area contributed by atoms with E-state index < -0.39 is 6.17 Å². The Bertz CT molecular complexity index is 1200. The zero-order valence-corrected chi connectivity index (χ0v) is 19.4. The largest absolute Gasteiger partial charge is 0.326 e. The average molecular weight is 484 g/mol. The van der Waals surface area contributed by atoms with Gasteiger partial charge >= 0.3 is 0 Å². The minimum absolute atomic E-state index is 0.0813. The molecule has 2 amide bonds. The molecule has 0 radical (unpaired) electrons. The van der Waals surface area contributed by atoms with Gasteiger partial charge in [-0.2, -0.15) is 0 Å². The summed E-state index contributed by atoms with van der Waals surface area (Å²) in [6, 6.07) is 22.3. The van der Waals surface area contributed by atoms with E-state index in [1.807, 2.05) is 54.6 Å². The maximum Gasteiger partial charge on any atom is 0.272 e. The quantitative estimate of drug-likeness (QED) is 0.516. The number of rotatable bonds is 5. The fraction of sp³-hybridized carbons (Fsp3) is 0.125. The molecule has 0 saturated carbocycles. The minimum atomic E-state index is -1.05. The van der Waals surface area contributed by atoms with Crippen LogP contribution in [0.15, 0.2) is 82.7 Å². The number of anilines is 1. The maximum absolute atomic E-state index is 13.1. The standard InChI is InChI=1S/C24H19Cl2N3O2S/c1-29-19-10-6-5-9-17(19)22(15-7-3-2-4-8-15)28-23(24(29)31)27-21(30)14-32-20-12-11-16(25)13-18(20)26/h2-13,23H,14H2,1H3,(H,27,30)/t23-/m1/s1. The lowest BCUT2D eigenvalue weighted by atomic mass is 10.0. The Morgan fingerprint density at radius 3 is 2.53 bits per heavy atom. The third-order valence-electron chi connectivity index (χ3n) is 4.94. The number of nitrogens with one attached hydrogen (secondary N) is 1. The lowest BCUT2D eigenvalue weighted by Gasteiger charge is -2.20. The first-order valence-electron chi connectivity index (χ1n) is 9.81. The Kier molecular flexibility index (Phi) is 6.84. The number of fused-ring (bicyclic) bond motifs is 1. The van der Waals surface area contributed by atoms with Crippen molar-refractivity contribution < 1.29 is 9.59 Å². The first kappa shape index (κ1) is 22.4. The van der Waals surface area contributed by atoms with Gasteiger partial charge in [0, 0.05) is 28.1 Å². The molecule has 1 N–H and O–H groups in total. The van der Waals surface area contributed by atoms with Gasteiger partial charge in [0.15, 0.2) is 0 Å². The number of thioether (sulfide) groups is 1. The van der Waals surface area contributed by atoms with Gasteiger partial charge in [-0.05, 0) is 24.3 Å². The van der Waals surface area contributed by atoms with Crippen LogP contribution >= 0.6 is 35.0 Å². The number of aliphatic imine (C=N–C) groups is 1. The van der Waals surface area contributed by atoms with Gasteiger partial charge in [0.2, 0.25) is 12.1 Å². The highest BCUT2D eigenvalue weighted by molar-refractivity contribution is 8.00. The third-order valence-corrected chi connectivity index (χ3v) is 6.67. The van der Waals surface area contributed by atoms with E-state index in [9.17, 15) is 9.59 Å². The molecule has 0 aliphatic carbocycles. The molecule has 1 aliphatic rings. The minimum Gasteiger partial charge on any atom is -0.326 e. The molecule has 4 rings (SSSR count). The van der Waals surface area contributed by atoms with Crippen molar-refractivity contribution in [2.45, 2.75) is 11.1 Å². The summed E-state index contributed by atoms with van der Waals surface area (Å²) in [5.41, 5.74) is 3.08. The SMILES string of the molecule is CN1C(=O)[C@H](NC(=O)CSc2ccc(Cl)cc2Cl)N=C(c2ccccc2)c2ccccc21. The number of benzene rings is 3. The van der Waals surface area contributed by atoms with Crippen LogP contribution in [0.2, 0.25) is 10.0 Å². The summed E-state index contributed by atoms with van der Waals surface area (Å²) in [6.45, 7) is 0. The molecule has 3 aromatic carbocycles. The van der Waals surface area contributed by atoms with Gasteiger partial charge in [-0.25, -0.2) is 4.99 Å². The number of likely N-dealkylation sites (N-methyl/N-ethyl adjacent to an activating group) is 1. The number of hydrogen-bond donors (Lipinski definition) is 1. The van der Waals surface area contributed by atoms with Crippen LogP contribution < -0.4 is 10.2 Å². The number of benzodiazepines with no additional fused rings is 1. The van der Waals surface area contributed by atoms with Crippen molar-refractivity contribution in [1.82, 2.24) is 5.32 Å². The molecule has 8 heteroatoms. The first-order valence-corrected chi connectivity index (χ1v) is 11.6. The fourth-order valence-corrected chi connectivity index (χ4v) is 4.68. The highest BCUT2D eigenvalue weighted by atomic mass is 35.5. The lowest BCUT2D eigenvalue weighted by Crippen LogP contribution is -2.46. The van der Waals surface area contributed by atoms with Gasteiger partial charge in [0.05, 0.1) is 22.2 Å². The molecule has 0 bridgehead atoms. The van der Waals surface area contributed by atoms with Crippen molar-refractivity contribution in [3.63, 3.8) is 0 Å². The molecule has 0 aromatic heterocycles. The highest BCUT2D eigenvalue weighted by Gasteiger charge is 2.30. The molecular formula is C24H19Cl2N3O2S. The number of hydrogen-bond acceptors (Lipinski definition) is 4. The molecule has 1 heterocycles. The molecule has 3 aromatic rings. The Hall–Kier alpha value is -2.80. The van der Waals surface area contributed by atoms with Crippen LogP contribution in [0, 0.1) is 0 Å². The zero-order valence-electron chi connectivity index (χ0n) is 17.1. The van der Waals surface area contributed by atoms with Crippen LogP contribution in [-0.2, 0) is 9.59 Å². The summed E-state index contributed by atoms with van der Waals surface area (Å²) in [5.74, 6) is -0.556. The number of nitrogens with zero attached hydrogens (tertiary/aromatic N) is 2. The van der Waals surface area contributed by atoms with Crippen molar-refractivity contribution in [1.29, 1.82) is 0 Å². The number of carbonyl (C=O) groups is 2. The van der Waals surface area contributed by atoms with Gasteiger partial charge in [0.25, 0.3) is 5.91 Å². The number of carbonyl (C=O) groups excluding carboxylic acids is 2. The predicted octanol–water partition coefficient (Wildman–Crippen LogP) is 5.04.